The van der Waals surface area contributed by atoms with Crippen LogP contribution in [0.2, 0.25) is 0 Å². The van der Waals surface area contributed by atoms with Gasteiger partial charge in [0.1, 0.15) is 0 Å². The minimum absolute atomic E-state index is 0.0193. The number of hydrogen-bond donors (Lipinski definition) is 1. The first-order valence-corrected chi connectivity index (χ1v) is 11.8. The minimum atomic E-state index is -4.83. The summed E-state index contributed by atoms with van der Waals surface area (Å²) in [5, 5.41) is 0. The number of rotatable bonds is 13. The molecule has 0 fully saturated rings. The summed E-state index contributed by atoms with van der Waals surface area (Å²) in [6.45, 7) is 3.83. The zero-order valence-corrected chi connectivity index (χ0v) is 16.9. The number of carbonyl (C=O) groups is 1. The Morgan fingerprint density at radius 1 is 1.08 bits per heavy atom. The van der Waals surface area contributed by atoms with Gasteiger partial charge in [0.2, 0.25) is 0 Å². The van der Waals surface area contributed by atoms with Gasteiger partial charge >= 0.3 is 7.60 Å². The van der Waals surface area contributed by atoms with Crippen molar-refractivity contribution in [3.8, 4) is 0 Å². The Morgan fingerprint density at radius 2 is 1.58 bits per heavy atom. The lowest BCUT2D eigenvalue weighted by atomic mass is 10.1. The number of unbranched alkanes of at least 4 members (excludes halogenated alkanes) is 2. The fraction of sp³-hybridized carbons (Fsp3) is 0.588. The van der Waals surface area contributed by atoms with Gasteiger partial charge in [0.25, 0.3) is 10.1 Å². The van der Waals surface area contributed by atoms with Gasteiger partial charge in [-0.25, -0.2) is 0 Å². The predicted molar refractivity (Wildman–Crippen MR) is 100 cm³/mol. The summed E-state index contributed by atoms with van der Waals surface area (Å²) in [6.07, 6.45) is 1.90. The second-order valence-electron chi connectivity index (χ2n) is 5.88. The van der Waals surface area contributed by atoms with Crippen molar-refractivity contribution >= 4 is 23.5 Å². The maximum atomic E-state index is 13.1. The molecule has 0 bridgehead atoms. The third-order valence-corrected chi connectivity index (χ3v) is 8.09. The third kappa shape index (κ3) is 7.29. The highest BCUT2D eigenvalue weighted by molar-refractivity contribution is 7.94. The van der Waals surface area contributed by atoms with Crippen LogP contribution in [0.4, 0.5) is 0 Å². The molecule has 1 aromatic carbocycles. The number of Topliss-reactive ketones (excluding diaryl/α,β-unsaturated/α-hetero) is 1. The highest BCUT2D eigenvalue weighted by atomic mass is 32.2. The first kappa shape index (κ1) is 23.0. The van der Waals surface area contributed by atoms with Crippen LogP contribution in [0.5, 0.6) is 0 Å². The van der Waals surface area contributed by atoms with Crippen molar-refractivity contribution in [1.82, 2.24) is 0 Å². The second-order valence-corrected chi connectivity index (χ2v) is 10.0. The minimum Gasteiger partial charge on any atom is -0.308 e. The maximum Gasteiger partial charge on any atom is 0.351 e. The summed E-state index contributed by atoms with van der Waals surface area (Å²) in [4.78, 5) is 10.5. The van der Waals surface area contributed by atoms with Gasteiger partial charge in [0.05, 0.1) is 13.2 Å². The van der Waals surface area contributed by atoms with Crippen LogP contribution in [0, 0.1) is 0 Å². The maximum absolute atomic E-state index is 13.1. The van der Waals surface area contributed by atoms with Crippen LogP contribution >= 0.6 is 7.60 Å². The zero-order valence-electron chi connectivity index (χ0n) is 15.2. The van der Waals surface area contributed by atoms with Crippen molar-refractivity contribution in [2.75, 3.05) is 13.2 Å². The monoisotopic (exact) mass is 406 g/mol. The first-order chi connectivity index (χ1) is 12.2. The van der Waals surface area contributed by atoms with E-state index in [1.54, 1.807) is 18.2 Å². The van der Waals surface area contributed by atoms with E-state index in [1.807, 2.05) is 13.8 Å². The fourth-order valence-corrected chi connectivity index (χ4v) is 5.75. The molecule has 1 rings (SSSR count). The largest absolute Gasteiger partial charge is 0.351 e. The Balaban J connectivity index is 3.09. The normalized spacial score (nSPS) is 13.5. The molecule has 1 unspecified atom stereocenters. The first-order valence-electron chi connectivity index (χ1n) is 8.68. The Kier molecular flexibility index (Phi) is 9.68. The van der Waals surface area contributed by atoms with Gasteiger partial charge in [0.15, 0.2) is 10.8 Å². The van der Waals surface area contributed by atoms with E-state index in [0.29, 0.717) is 12.8 Å². The lowest BCUT2D eigenvalue weighted by Gasteiger charge is -2.24. The zero-order chi connectivity index (χ0) is 19.6. The van der Waals surface area contributed by atoms with E-state index in [0.717, 1.165) is 12.8 Å². The third-order valence-electron chi connectivity index (χ3n) is 3.69. The van der Waals surface area contributed by atoms with E-state index in [1.165, 1.54) is 12.1 Å². The Bertz CT molecular complexity index is 689. The number of ketones is 1. The lowest BCUT2D eigenvalue weighted by Crippen LogP contribution is -2.26. The molecule has 148 valence electrons. The van der Waals surface area contributed by atoms with Gasteiger partial charge < -0.3 is 9.05 Å². The molecule has 1 atom stereocenters. The van der Waals surface area contributed by atoms with Crippen molar-refractivity contribution in [2.45, 2.75) is 50.9 Å². The molecule has 0 heterocycles. The predicted octanol–water partition coefficient (Wildman–Crippen LogP) is 4.30. The molecule has 0 saturated heterocycles. The standard InChI is InChI=1S/C17H27O7PS/c1-3-5-12-23-25(19,24-13-6-4-2)17(26(20,21)22)14-16(18)15-10-8-7-9-11-15/h7-11,17H,3-6,12-14H2,1-2H3,(H,20,21,22). The van der Waals surface area contributed by atoms with Gasteiger partial charge in [-0.1, -0.05) is 57.0 Å². The number of hydrogen-bond acceptors (Lipinski definition) is 6. The summed E-state index contributed by atoms with van der Waals surface area (Å²) in [6, 6.07) is 8.01. The van der Waals surface area contributed by atoms with Crippen LogP contribution in [-0.4, -0.2) is 37.0 Å². The SMILES string of the molecule is CCCCOP(=O)(OCCCC)C(CC(=O)c1ccccc1)S(=O)(=O)O. The van der Waals surface area contributed by atoms with Gasteiger partial charge in [-0.05, 0) is 12.8 Å². The van der Waals surface area contributed by atoms with Crippen LogP contribution in [0.3, 0.4) is 0 Å². The summed E-state index contributed by atoms with van der Waals surface area (Å²) in [5.41, 5.74) is 0.259. The Labute approximate surface area is 155 Å². The lowest BCUT2D eigenvalue weighted by molar-refractivity contribution is 0.0978. The van der Waals surface area contributed by atoms with E-state index in [2.05, 4.69) is 0 Å². The topological polar surface area (TPSA) is 107 Å². The van der Waals surface area contributed by atoms with Crippen LogP contribution in [0.25, 0.3) is 0 Å². The quantitative estimate of drug-likeness (QED) is 0.225. The average molecular weight is 406 g/mol. The Morgan fingerprint density at radius 3 is 2.00 bits per heavy atom. The van der Waals surface area contributed by atoms with E-state index < -0.39 is 34.9 Å². The number of benzene rings is 1. The molecule has 0 amide bonds. The smallest absolute Gasteiger partial charge is 0.308 e. The molecular weight excluding hydrogens is 379 g/mol. The molecule has 0 aliphatic carbocycles. The van der Waals surface area contributed by atoms with Crippen molar-refractivity contribution in [3.63, 3.8) is 0 Å². The molecule has 9 heteroatoms. The fourth-order valence-electron chi connectivity index (χ4n) is 2.16. The van der Waals surface area contributed by atoms with Crippen molar-refractivity contribution in [1.29, 1.82) is 0 Å². The van der Waals surface area contributed by atoms with Gasteiger partial charge in [-0.2, -0.15) is 8.42 Å². The van der Waals surface area contributed by atoms with E-state index in [9.17, 15) is 22.3 Å². The highest BCUT2D eigenvalue weighted by Gasteiger charge is 2.46. The molecule has 0 aromatic heterocycles. The van der Waals surface area contributed by atoms with Crippen LogP contribution < -0.4 is 0 Å². The molecule has 0 aliphatic rings. The number of carbonyl (C=O) groups excluding carboxylic acids is 1. The summed E-state index contributed by atoms with van der Waals surface area (Å²) >= 11 is 0. The summed E-state index contributed by atoms with van der Waals surface area (Å²) < 4.78 is 57.1. The van der Waals surface area contributed by atoms with Crippen LogP contribution in [-0.2, 0) is 23.7 Å². The summed E-state index contributed by atoms with van der Waals surface area (Å²) in [5.74, 6) is -0.563. The molecule has 0 saturated carbocycles. The van der Waals surface area contributed by atoms with Crippen LogP contribution in [0.1, 0.15) is 56.3 Å². The molecular formula is C17H27O7PS. The molecule has 1 N–H and O–H groups in total. The molecule has 0 aliphatic heterocycles. The van der Waals surface area contributed by atoms with Gasteiger partial charge in [0, 0.05) is 12.0 Å². The van der Waals surface area contributed by atoms with E-state index in [4.69, 9.17) is 9.05 Å². The van der Waals surface area contributed by atoms with E-state index in [-0.39, 0.29) is 18.8 Å². The van der Waals surface area contributed by atoms with Gasteiger partial charge in [-0.3, -0.25) is 13.9 Å². The molecule has 26 heavy (non-hydrogen) atoms. The molecule has 1 aromatic rings. The average Bonchev–Trinajstić information content (AvgIpc) is 2.59. The summed E-state index contributed by atoms with van der Waals surface area (Å²) in [7, 11) is -9.08. The molecule has 0 spiro atoms. The van der Waals surface area contributed by atoms with Crippen LogP contribution in [0.15, 0.2) is 30.3 Å². The van der Waals surface area contributed by atoms with Gasteiger partial charge in [-0.15, -0.1) is 0 Å². The second kappa shape index (κ2) is 10.9. The van der Waals surface area contributed by atoms with Crippen molar-refractivity contribution in [2.24, 2.45) is 0 Å². The molecule has 7 nitrogen and oxygen atoms in total. The highest BCUT2D eigenvalue weighted by Crippen LogP contribution is 2.56. The van der Waals surface area contributed by atoms with Crippen molar-refractivity contribution < 1.29 is 31.4 Å². The Hall–Kier alpha value is -1.05. The van der Waals surface area contributed by atoms with E-state index >= 15 is 0 Å². The van der Waals surface area contributed by atoms with Crippen molar-refractivity contribution in [3.05, 3.63) is 35.9 Å². The molecule has 0 radical (unpaired) electrons.